The number of anilines is 2. The number of nitro groups is 1. The van der Waals surface area contributed by atoms with Gasteiger partial charge in [-0.3, -0.25) is 10.1 Å². The molecule has 0 saturated carbocycles. The summed E-state index contributed by atoms with van der Waals surface area (Å²) < 4.78 is 4.84. The number of hydrogen-bond acceptors (Lipinski definition) is 8. The van der Waals surface area contributed by atoms with Gasteiger partial charge in [0.1, 0.15) is 17.0 Å². The first-order chi connectivity index (χ1) is 14.1. The van der Waals surface area contributed by atoms with Crippen molar-refractivity contribution in [2.24, 2.45) is 0 Å². The number of thiophene rings is 1. The van der Waals surface area contributed by atoms with E-state index in [9.17, 15) is 14.9 Å². The molecule has 0 aliphatic heterocycles. The first-order valence-electron chi connectivity index (χ1n) is 8.50. The number of carbonyl (C=O) groups is 1. The van der Waals surface area contributed by atoms with Crippen molar-refractivity contribution in [3.05, 3.63) is 75.9 Å². The van der Waals surface area contributed by atoms with Crippen molar-refractivity contribution in [1.29, 1.82) is 0 Å². The van der Waals surface area contributed by atoms with Crippen molar-refractivity contribution in [1.82, 2.24) is 9.97 Å². The molecule has 1 N–H and O–H groups in total. The van der Waals surface area contributed by atoms with Crippen LogP contribution in [-0.4, -0.2) is 28.0 Å². The predicted octanol–water partition coefficient (Wildman–Crippen LogP) is 4.80. The van der Waals surface area contributed by atoms with Crippen LogP contribution in [-0.2, 0) is 4.74 Å². The van der Waals surface area contributed by atoms with E-state index in [1.54, 1.807) is 36.4 Å². The van der Waals surface area contributed by atoms with E-state index in [4.69, 9.17) is 4.74 Å². The Bertz CT molecular complexity index is 1240. The van der Waals surface area contributed by atoms with Crippen LogP contribution in [0.3, 0.4) is 0 Å². The van der Waals surface area contributed by atoms with Gasteiger partial charge < -0.3 is 10.1 Å². The number of benzene rings is 2. The molecule has 0 radical (unpaired) electrons. The molecule has 8 nitrogen and oxygen atoms in total. The maximum atomic E-state index is 12.1. The third kappa shape index (κ3) is 3.50. The van der Waals surface area contributed by atoms with Gasteiger partial charge in [-0.25, -0.2) is 14.8 Å². The molecule has 0 amide bonds. The Hall–Kier alpha value is -3.85. The van der Waals surface area contributed by atoms with Gasteiger partial charge in [-0.2, -0.15) is 0 Å². The Morgan fingerprint density at radius 3 is 2.79 bits per heavy atom. The highest BCUT2D eigenvalue weighted by atomic mass is 32.1. The van der Waals surface area contributed by atoms with Crippen LogP contribution < -0.4 is 5.32 Å². The van der Waals surface area contributed by atoms with Crippen LogP contribution in [0.2, 0.25) is 0 Å². The molecule has 9 heteroatoms. The van der Waals surface area contributed by atoms with E-state index in [0.29, 0.717) is 22.6 Å². The summed E-state index contributed by atoms with van der Waals surface area (Å²) in [5.74, 6) is 0.0248. The van der Waals surface area contributed by atoms with E-state index < -0.39 is 10.9 Å². The van der Waals surface area contributed by atoms with Gasteiger partial charge in [-0.15, -0.1) is 11.3 Å². The van der Waals surface area contributed by atoms with E-state index in [1.165, 1.54) is 36.9 Å². The molecule has 0 aliphatic carbocycles. The molecular weight excluding hydrogens is 392 g/mol. The Morgan fingerprint density at radius 2 is 2.00 bits per heavy atom. The maximum Gasteiger partial charge on any atom is 0.339 e. The number of non-ortho nitro benzene ring substituents is 1. The highest BCUT2D eigenvalue weighted by molar-refractivity contribution is 7.17. The highest BCUT2D eigenvalue weighted by Gasteiger charge is 2.17. The molecule has 0 aliphatic rings. The quantitative estimate of drug-likeness (QED) is 0.288. The van der Waals surface area contributed by atoms with E-state index in [0.717, 1.165) is 15.8 Å². The van der Waals surface area contributed by atoms with Crippen LogP contribution in [0.25, 0.3) is 21.3 Å². The second-order valence-electron chi connectivity index (χ2n) is 6.02. The van der Waals surface area contributed by atoms with Gasteiger partial charge in [0.05, 0.1) is 28.7 Å². The highest BCUT2D eigenvalue weighted by Crippen LogP contribution is 2.38. The van der Waals surface area contributed by atoms with Crippen molar-refractivity contribution in [2.75, 3.05) is 12.4 Å². The molecule has 0 bridgehead atoms. The average Bonchev–Trinajstić information content (AvgIpc) is 3.19. The number of aromatic nitrogens is 2. The Labute approximate surface area is 169 Å². The van der Waals surface area contributed by atoms with Crippen LogP contribution in [0.15, 0.2) is 60.2 Å². The minimum atomic E-state index is -0.470. The lowest BCUT2D eigenvalue weighted by atomic mass is 10.1. The molecule has 0 fully saturated rings. The maximum absolute atomic E-state index is 12.1. The number of nitrogens with zero attached hydrogens (tertiary/aromatic N) is 3. The molecule has 2 aromatic heterocycles. The fourth-order valence-electron chi connectivity index (χ4n) is 2.98. The second-order valence-corrected chi connectivity index (χ2v) is 6.88. The standard InChI is InChI=1S/C20H14N4O4S/c1-28-20(25)14-7-2-3-8-16(14)23-18-17-15(10-29-19(17)22-11-21-18)12-5-4-6-13(9-12)24(26)27/h2-11H,1H3,(H,21,22,23). The van der Waals surface area contributed by atoms with Crippen LogP contribution in [0.4, 0.5) is 17.2 Å². The van der Waals surface area contributed by atoms with Crippen molar-refractivity contribution in [2.45, 2.75) is 0 Å². The van der Waals surface area contributed by atoms with Gasteiger partial charge in [-0.1, -0.05) is 24.3 Å². The number of para-hydroxylation sites is 1. The van der Waals surface area contributed by atoms with E-state index >= 15 is 0 Å². The zero-order chi connectivity index (χ0) is 20.4. The average molecular weight is 406 g/mol. The van der Waals surface area contributed by atoms with E-state index in [-0.39, 0.29) is 5.69 Å². The zero-order valence-corrected chi connectivity index (χ0v) is 16.0. The summed E-state index contributed by atoms with van der Waals surface area (Å²) in [7, 11) is 1.32. The van der Waals surface area contributed by atoms with E-state index in [1.807, 2.05) is 5.38 Å². The monoisotopic (exact) mass is 406 g/mol. The molecule has 2 aromatic carbocycles. The summed E-state index contributed by atoms with van der Waals surface area (Å²) in [6.07, 6.45) is 1.43. The summed E-state index contributed by atoms with van der Waals surface area (Å²) in [6, 6.07) is 13.3. The Balaban J connectivity index is 1.84. The third-order valence-electron chi connectivity index (χ3n) is 4.32. The summed E-state index contributed by atoms with van der Waals surface area (Å²) in [6.45, 7) is 0. The lowest BCUT2D eigenvalue weighted by Crippen LogP contribution is -2.06. The summed E-state index contributed by atoms with van der Waals surface area (Å²) >= 11 is 1.41. The van der Waals surface area contributed by atoms with Crippen LogP contribution in [0.1, 0.15) is 10.4 Å². The number of carbonyl (C=O) groups excluding carboxylic acids is 1. The topological polar surface area (TPSA) is 107 Å². The molecule has 4 rings (SSSR count). The van der Waals surface area contributed by atoms with Crippen molar-refractivity contribution >= 4 is 44.7 Å². The van der Waals surface area contributed by atoms with Gasteiger partial charge in [0.25, 0.3) is 5.69 Å². The lowest BCUT2D eigenvalue weighted by Gasteiger charge is -2.11. The fraction of sp³-hybridized carbons (Fsp3) is 0.0500. The zero-order valence-electron chi connectivity index (χ0n) is 15.2. The normalized spacial score (nSPS) is 10.7. The van der Waals surface area contributed by atoms with Crippen LogP contribution in [0.5, 0.6) is 0 Å². The summed E-state index contributed by atoms with van der Waals surface area (Å²) in [4.78, 5) is 32.2. The third-order valence-corrected chi connectivity index (χ3v) is 5.21. The number of nitrogens with one attached hydrogen (secondary N) is 1. The number of fused-ring (bicyclic) bond motifs is 1. The smallest absolute Gasteiger partial charge is 0.339 e. The second kappa shape index (κ2) is 7.64. The Morgan fingerprint density at radius 1 is 1.17 bits per heavy atom. The minimum Gasteiger partial charge on any atom is -0.465 e. The number of hydrogen-bond donors (Lipinski definition) is 1. The molecule has 144 valence electrons. The van der Waals surface area contributed by atoms with Crippen molar-refractivity contribution in [3.8, 4) is 11.1 Å². The number of esters is 1. The van der Waals surface area contributed by atoms with E-state index in [2.05, 4.69) is 15.3 Å². The molecular formula is C20H14N4O4S. The minimum absolute atomic E-state index is 0.00393. The van der Waals surface area contributed by atoms with Crippen LogP contribution >= 0.6 is 11.3 Å². The SMILES string of the molecule is COC(=O)c1ccccc1Nc1ncnc2scc(-c3cccc([N+](=O)[O-])c3)c12. The lowest BCUT2D eigenvalue weighted by molar-refractivity contribution is -0.384. The van der Waals surface area contributed by atoms with Gasteiger partial charge in [0.2, 0.25) is 0 Å². The van der Waals surface area contributed by atoms with Crippen molar-refractivity contribution in [3.63, 3.8) is 0 Å². The molecule has 0 unspecified atom stereocenters. The number of ether oxygens (including phenoxy) is 1. The van der Waals surface area contributed by atoms with Gasteiger partial charge in [0, 0.05) is 23.1 Å². The van der Waals surface area contributed by atoms with Crippen molar-refractivity contribution < 1.29 is 14.5 Å². The predicted molar refractivity (Wildman–Crippen MR) is 111 cm³/mol. The number of methoxy groups -OCH3 is 1. The Kier molecular flexibility index (Phi) is 4.88. The molecule has 0 saturated heterocycles. The van der Waals surface area contributed by atoms with Gasteiger partial charge >= 0.3 is 5.97 Å². The number of nitro benzene ring substituents is 1. The first kappa shape index (κ1) is 18.5. The first-order valence-corrected chi connectivity index (χ1v) is 9.38. The number of rotatable bonds is 5. The molecule has 0 atom stereocenters. The largest absolute Gasteiger partial charge is 0.465 e. The summed E-state index contributed by atoms with van der Waals surface area (Å²) in [5.41, 5.74) is 2.37. The van der Waals surface area contributed by atoms with Gasteiger partial charge in [-0.05, 0) is 17.7 Å². The molecule has 4 aromatic rings. The van der Waals surface area contributed by atoms with Crippen LogP contribution in [0, 0.1) is 10.1 Å². The molecule has 2 heterocycles. The molecule has 29 heavy (non-hydrogen) atoms. The summed E-state index contributed by atoms with van der Waals surface area (Å²) in [5, 5.41) is 16.9. The fourth-order valence-corrected chi connectivity index (χ4v) is 3.89. The van der Waals surface area contributed by atoms with Gasteiger partial charge in [0.15, 0.2) is 0 Å². The molecule has 0 spiro atoms.